The molecule has 0 heterocycles. The maximum Gasteiger partial charge on any atom is 0.360 e. The number of para-hydroxylation sites is 1. The molecule has 0 bridgehead atoms. The van der Waals surface area contributed by atoms with Gasteiger partial charge in [-0.15, -0.1) is 0 Å². The number of carbonyl (C=O) groups excluding carboxylic acids is 1. The van der Waals surface area contributed by atoms with Crippen molar-refractivity contribution in [1.29, 1.82) is 0 Å². The fraction of sp³-hybridized carbons (Fsp3) is 0.133. The van der Waals surface area contributed by atoms with Gasteiger partial charge in [-0.25, -0.2) is 4.18 Å². The summed E-state index contributed by atoms with van der Waals surface area (Å²) in [4.78, 5) is 11.6. The third kappa shape index (κ3) is 5.55. The molecule has 0 spiro atoms. The molecular formula is C15H16N2O4S. The Balaban J connectivity index is 1.78. The Morgan fingerprint density at radius 3 is 2.18 bits per heavy atom. The van der Waals surface area contributed by atoms with Crippen molar-refractivity contribution in [2.75, 3.05) is 11.3 Å². The highest BCUT2D eigenvalue weighted by atomic mass is 32.2. The lowest BCUT2D eigenvalue weighted by molar-refractivity contribution is -0.123. The second-order valence-corrected chi connectivity index (χ2v) is 5.79. The summed E-state index contributed by atoms with van der Waals surface area (Å²) in [6.45, 7) is -0.260. The number of carbonyl (C=O) groups is 1. The number of anilines is 1. The number of hydrogen-bond donors (Lipinski definition) is 2. The predicted molar refractivity (Wildman–Crippen MR) is 83.2 cm³/mol. The molecule has 6 nitrogen and oxygen atoms in total. The minimum atomic E-state index is -4.02. The standard InChI is InChI=1S/C15H16N2O4S/c18-15(16-11-13-7-3-1-4-8-13)12-21-22(19,20)17-14-9-5-2-6-10-14/h1-10,17H,11-12H2,(H,16,18). The Labute approximate surface area is 129 Å². The van der Waals surface area contributed by atoms with Crippen LogP contribution in [0.2, 0.25) is 0 Å². The highest BCUT2D eigenvalue weighted by Crippen LogP contribution is 2.08. The first-order valence-corrected chi connectivity index (χ1v) is 7.99. The summed E-state index contributed by atoms with van der Waals surface area (Å²) in [6, 6.07) is 17.6. The molecule has 0 atom stereocenters. The highest BCUT2D eigenvalue weighted by Gasteiger charge is 2.13. The fourth-order valence-electron chi connectivity index (χ4n) is 1.66. The largest absolute Gasteiger partial charge is 0.360 e. The summed E-state index contributed by atoms with van der Waals surface area (Å²) in [5.74, 6) is -0.512. The molecule has 2 N–H and O–H groups in total. The van der Waals surface area contributed by atoms with Crippen molar-refractivity contribution in [3.63, 3.8) is 0 Å². The molecule has 0 radical (unpaired) electrons. The maximum absolute atomic E-state index is 11.7. The van der Waals surface area contributed by atoms with Crippen molar-refractivity contribution in [1.82, 2.24) is 5.32 Å². The van der Waals surface area contributed by atoms with Crippen LogP contribution in [0.25, 0.3) is 0 Å². The summed E-state index contributed by atoms with van der Waals surface area (Å²) in [7, 11) is -4.02. The van der Waals surface area contributed by atoms with Crippen LogP contribution in [0.3, 0.4) is 0 Å². The van der Waals surface area contributed by atoms with Crippen molar-refractivity contribution >= 4 is 21.9 Å². The second kappa shape index (κ2) is 7.58. The second-order valence-electron chi connectivity index (χ2n) is 4.45. The topological polar surface area (TPSA) is 84.5 Å². The van der Waals surface area contributed by atoms with Crippen molar-refractivity contribution in [3.8, 4) is 0 Å². The van der Waals surface area contributed by atoms with Gasteiger partial charge >= 0.3 is 10.3 Å². The van der Waals surface area contributed by atoms with Gasteiger partial charge in [0.1, 0.15) is 6.61 Å². The Morgan fingerprint density at radius 2 is 1.55 bits per heavy atom. The minimum absolute atomic E-state index is 0.315. The maximum atomic E-state index is 11.7. The zero-order valence-corrected chi connectivity index (χ0v) is 12.5. The minimum Gasteiger partial charge on any atom is -0.350 e. The van der Waals surface area contributed by atoms with E-state index in [1.54, 1.807) is 30.3 Å². The van der Waals surface area contributed by atoms with Gasteiger partial charge in [0.05, 0.1) is 5.69 Å². The first kappa shape index (κ1) is 16.0. The zero-order valence-electron chi connectivity index (χ0n) is 11.7. The Kier molecular flexibility index (Phi) is 5.51. The van der Waals surface area contributed by atoms with Crippen LogP contribution in [-0.4, -0.2) is 20.9 Å². The van der Waals surface area contributed by atoms with Crippen LogP contribution < -0.4 is 10.0 Å². The normalized spacial score (nSPS) is 10.9. The summed E-state index contributed by atoms with van der Waals surface area (Å²) in [5.41, 5.74) is 1.29. The van der Waals surface area contributed by atoms with Gasteiger partial charge < -0.3 is 5.32 Å². The van der Waals surface area contributed by atoms with E-state index in [1.165, 1.54) is 0 Å². The lowest BCUT2D eigenvalue weighted by Crippen LogP contribution is -2.29. The Hall–Kier alpha value is -2.38. The van der Waals surface area contributed by atoms with Crippen LogP contribution in [0.5, 0.6) is 0 Å². The predicted octanol–water partition coefficient (Wildman–Crippen LogP) is 1.68. The molecular weight excluding hydrogens is 304 g/mol. The van der Waals surface area contributed by atoms with Crippen LogP contribution >= 0.6 is 0 Å². The number of hydrogen-bond acceptors (Lipinski definition) is 4. The molecule has 7 heteroatoms. The van der Waals surface area contributed by atoms with Gasteiger partial charge in [0.2, 0.25) is 5.91 Å². The van der Waals surface area contributed by atoms with Gasteiger partial charge in [0.25, 0.3) is 0 Å². The number of rotatable bonds is 7. The average molecular weight is 320 g/mol. The SMILES string of the molecule is O=C(COS(=O)(=O)Nc1ccccc1)NCc1ccccc1. The van der Waals surface area contributed by atoms with Crippen molar-refractivity contribution in [2.24, 2.45) is 0 Å². The van der Waals surface area contributed by atoms with E-state index in [9.17, 15) is 13.2 Å². The van der Waals surface area contributed by atoms with Gasteiger partial charge in [0, 0.05) is 6.54 Å². The van der Waals surface area contributed by atoms with Crippen molar-refractivity contribution in [3.05, 3.63) is 66.2 Å². The van der Waals surface area contributed by atoms with Gasteiger partial charge in [-0.05, 0) is 17.7 Å². The van der Waals surface area contributed by atoms with E-state index in [4.69, 9.17) is 0 Å². The summed E-state index contributed by atoms with van der Waals surface area (Å²) >= 11 is 0. The molecule has 2 aromatic carbocycles. The summed E-state index contributed by atoms with van der Waals surface area (Å²) < 4.78 is 30.2. The van der Waals surface area contributed by atoms with E-state index < -0.39 is 22.8 Å². The molecule has 0 aliphatic rings. The van der Waals surface area contributed by atoms with E-state index >= 15 is 0 Å². The van der Waals surface area contributed by atoms with Gasteiger partial charge in [0.15, 0.2) is 0 Å². The quantitative estimate of drug-likeness (QED) is 0.813. The number of benzene rings is 2. The van der Waals surface area contributed by atoms with E-state index in [2.05, 4.69) is 14.2 Å². The molecule has 2 rings (SSSR count). The average Bonchev–Trinajstić information content (AvgIpc) is 2.53. The Bertz CT molecular complexity index is 703. The lowest BCUT2D eigenvalue weighted by Gasteiger charge is -2.08. The molecule has 0 unspecified atom stereocenters. The molecule has 1 amide bonds. The van der Waals surface area contributed by atoms with E-state index in [1.807, 2.05) is 30.3 Å². The number of nitrogens with one attached hydrogen (secondary N) is 2. The van der Waals surface area contributed by atoms with Gasteiger partial charge in [-0.1, -0.05) is 48.5 Å². The number of amides is 1. The molecule has 2 aromatic rings. The smallest absolute Gasteiger partial charge is 0.350 e. The summed E-state index contributed by atoms with van der Waals surface area (Å²) in [5, 5.41) is 2.58. The molecule has 22 heavy (non-hydrogen) atoms. The molecule has 0 aromatic heterocycles. The van der Waals surface area contributed by atoms with E-state index in [0.29, 0.717) is 12.2 Å². The van der Waals surface area contributed by atoms with Crippen LogP contribution in [0.15, 0.2) is 60.7 Å². The van der Waals surface area contributed by atoms with Crippen LogP contribution in [0, 0.1) is 0 Å². The van der Waals surface area contributed by atoms with Crippen molar-refractivity contribution < 1.29 is 17.4 Å². The molecule has 0 saturated heterocycles. The summed E-state index contributed by atoms with van der Waals surface area (Å²) in [6.07, 6.45) is 0. The third-order valence-corrected chi connectivity index (χ3v) is 3.61. The Morgan fingerprint density at radius 1 is 0.955 bits per heavy atom. The van der Waals surface area contributed by atoms with Crippen molar-refractivity contribution in [2.45, 2.75) is 6.54 Å². The molecule has 0 aliphatic heterocycles. The van der Waals surface area contributed by atoms with Gasteiger partial charge in [-0.2, -0.15) is 8.42 Å². The highest BCUT2D eigenvalue weighted by molar-refractivity contribution is 7.88. The third-order valence-electron chi connectivity index (χ3n) is 2.69. The molecule has 0 saturated carbocycles. The fourth-order valence-corrected chi connectivity index (χ4v) is 2.40. The van der Waals surface area contributed by atoms with Crippen LogP contribution in [0.4, 0.5) is 5.69 Å². The first-order valence-electron chi connectivity index (χ1n) is 6.58. The molecule has 0 fully saturated rings. The molecule has 0 aliphatic carbocycles. The van der Waals surface area contributed by atoms with Gasteiger partial charge in [-0.3, -0.25) is 9.52 Å². The first-order chi connectivity index (χ1) is 10.6. The zero-order chi connectivity index (χ0) is 15.8. The van der Waals surface area contributed by atoms with Crippen LogP contribution in [-0.2, 0) is 25.8 Å². The van der Waals surface area contributed by atoms with E-state index in [0.717, 1.165) is 5.56 Å². The van der Waals surface area contributed by atoms with E-state index in [-0.39, 0.29) is 0 Å². The monoisotopic (exact) mass is 320 g/mol. The molecule has 116 valence electrons. The lowest BCUT2D eigenvalue weighted by atomic mass is 10.2. The van der Waals surface area contributed by atoms with Crippen LogP contribution in [0.1, 0.15) is 5.56 Å².